The van der Waals surface area contributed by atoms with Crippen LogP contribution in [0.4, 0.5) is 0 Å². The van der Waals surface area contributed by atoms with E-state index in [-0.39, 0.29) is 12.0 Å². The molecule has 0 aliphatic heterocycles. The van der Waals surface area contributed by atoms with Crippen LogP contribution in [0, 0.1) is 11.3 Å². The van der Waals surface area contributed by atoms with Gasteiger partial charge in [-0.25, -0.2) is 0 Å². The van der Waals surface area contributed by atoms with Crippen LogP contribution >= 0.6 is 0 Å². The van der Waals surface area contributed by atoms with Gasteiger partial charge in [-0.15, -0.1) is 0 Å². The van der Waals surface area contributed by atoms with Crippen molar-refractivity contribution in [1.29, 1.82) is 5.41 Å². The molecule has 0 aromatic carbocycles. The Labute approximate surface area is 88.8 Å². The Balaban J connectivity index is 2.32. The van der Waals surface area contributed by atoms with Crippen LogP contribution in [0.25, 0.3) is 5.57 Å². The summed E-state index contributed by atoms with van der Waals surface area (Å²) in [5.74, 6) is -0.00170. The van der Waals surface area contributed by atoms with E-state index in [1.807, 2.05) is 30.4 Å². The van der Waals surface area contributed by atoms with Crippen molar-refractivity contribution in [3.05, 3.63) is 48.3 Å². The summed E-state index contributed by atoms with van der Waals surface area (Å²) in [6.45, 7) is 0. The smallest absolute Gasteiger partial charge is 0.0341 e. The molecule has 0 fully saturated rings. The largest absolute Gasteiger partial charge is 0.324 e. The fourth-order valence-electron chi connectivity index (χ4n) is 1.61. The predicted octanol–water partition coefficient (Wildman–Crippen LogP) is 1.63. The lowest BCUT2D eigenvalue weighted by Gasteiger charge is -2.19. The molecule has 15 heavy (non-hydrogen) atoms. The number of rotatable bonds is 2. The zero-order valence-corrected chi connectivity index (χ0v) is 8.30. The molecule has 0 spiro atoms. The molecule has 2 unspecified atom stereocenters. The molecule has 0 amide bonds. The highest BCUT2D eigenvalue weighted by molar-refractivity contribution is 5.79. The molecule has 0 saturated heterocycles. The normalized spacial score (nSPS) is 24.7. The molecule has 1 aromatic heterocycles. The summed E-state index contributed by atoms with van der Waals surface area (Å²) in [6.07, 6.45) is 10.9. The van der Waals surface area contributed by atoms with Crippen molar-refractivity contribution in [2.75, 3.05) is 0 Å². The van der Waals surface area contributed by atoms with Crippen LogP contribution in [-0.4, -0.2) is 17.2 Å². The Morgan fingerprint density at radius 2 is 2.07 bits per heavy atom. The lowest BCUT2D eigenvalue weighted by Crippen LogP contribution is -2.29. The second-order valence-corrected chi connectivity index (χ2v) is 3.54. The minimum atomic E-state index is -0.0758. The molecule has 3 heteroatoms. The van der Waals surface area contributed by atoms with Gasteiger partial charge in [0.15, 0.2) is 0 Å². The molecule has 0 bridgehead atoms. The van der Waals surface area contributed by atoms with E-state index in [9.17, 15) is 0 Å². The first-order valence-electron chi connectivity index (χ1n) is 4.88. The Kier molecular flexibility index (Phi) is 2.74. The molecule has 0 saturated carbocycles. The predicted molar refractivity (Wildman–Crippen MR) is 61.6 cm³/mol. The maximum Gasteiger partial charge on any atom is 0.0341 e. The first-order valence-corrected chi connectivity index (χ1v) is 4.88. The Morgan fingerprint density at radius 1 is 1.33 bits per heavy atom. The van der Waals surface area contributed by atoms with Crippen LogP contribution < -0.4 is 5.73 Å². The van der Waals surface area contributed by atoms with Crippen LogP contribution in [0.15, 0.2) is 42.8 Å². The zero-order valence-electron chi connectivity index (χ0n) is 8.30. The number of allylic oxidation sites excluding steroid dienone is 2. The van der Waals surface area contributed by atoms with Gasteiger partial charge in [0.25, 0.3) is 0 Å². The number of nitrogens with two attached hydrogens (primary N) is 1. The standard InChI is InChI=1S/C12H13N3/c13-8-11-7-10(1-2-12(11)14)9-3-5-15-6-4-9/h1-8,11-13H,14H2. The highest BCUT2D eigenvalue weighted by atomic mass is 14.6. The summed E-state index contributed by atoms with van der Waals surface area (Å²) in [4.78, 5) is 3.97. The average molecular weight is 199 g/mol. The Bertz CT molecular complexity index is 406. The van der Waals surface area contributed by atoms with Crippen LogP contribution in [0.1, 0.15) is 5.56 Å². The van der Waals surface area contributed by atoms with Crippen molar-refractivity contribution < 1.29 is 0 Å². The molecule has 1 aromatic rings. The lowest BCUT2D eigenvalue weighted by molar-refractivity contribution is 0.729. The first kappa shape index (κ1) is 9.80. The van der Waals surface area contributed by atoms with Gasteiger partial charge in [0.05, 0.1) is 0 Å². The molecule has 0 radical (unpaired) electrons. The molecule has 1 heterocycles. The van der Waals surface area contributed by atoms with Crippen molar-refractivity contribution >= 4 is 11.8 Å². The quantitative estimate of drug-likeness (QED) is 0.711. The van der Waals surface area contributed by atoms with E-state index in [0.717, 1.165) is 11.1 Å². The van der Waals surface area contributed by atoms with E-state index < -0.39 is 0 Å². The third-order valence-corrected chi connectivity index (χ3v) is 2.52. The molecule has 3 nitrogen and oxygen atoms in total. The monoisotopic (exact) mass is 199 g/mol. The van der Waals surface area contributed by atoms with Gasteiger partial charge >= 0.3 is 0 Å². The summed E-state index contributed by atoms with van der Waals surface area (Å²) in [7, 11) is 0. The zero-order chi connectivity index (χ0) is 10.7. The maximum atomic E-state index is 7.28. The average Bonchev–Trinajstić information content (AvgIpc) is 2.31. The SMILES string of the molecule is N=CC1C=C(c2ccncc2)C=CC1N. The van der Waals surface area contributed by atoms with E-state index in [1.54, 1.807) is 12.4 Å². The van der Waals surface area contributed by atoms with Gasteiger partial charge in [-0.05, 0) is 23.3 Å². The Morgan fingerprint density at radius 3 is 2.73 bits per heavy atom. The molecule has 1 aliphatic carbocycles. The van der Waals surface area contributed by atoms with Crippen molar-refractivity contribution in [1.82, 2.24) is 4.98 Å². The van der Waals surface area contributed by atoms with E-state index >= 15 is 0 Å². The van der Waals surface area contributed by atoms with Gasteiger partial charge in [-0.2, -0.15) is 0 Å². The molecule has 2 rings (SSSR count). The second-order valence-electron chi connectivity index (χ2n) is 3.54. The minimum absolute atomic E-state index is 0.00170. The summed E-state index contributed by atoms with van der Waals surface area (Å²) < 4.78 is 0. The van der Waals surface area contributed by atoms with Crippen molar-refractivity contribution in [3.8, 4) is 0 Å². The number of pyridine rings is 1. The Hall–Kier alpha value is -1.74. The first-order chi connectivity index (χ1) is 7.31. The number of aromatic nitrogens is 1. The minimum Gasteiger partial charge on any atom is -0.324 e. The number of hydrogen-bond acceptors (Lipinski definition) is 3. The van der Waals surface area contributed by atoms with E-state index in [1.165, 1.54) is 6.21 Å². The van der Waals surface area contributed by atoms with Crippen molar-refractivity contribution in [3.63, 3.8) is 0 Å². The number of nitrogens with one attached hydrogen (secondary N) is 1. The lowest BCUT2D eigenvalue weighted by atomic mass is 9.90. The highest BCUT2D eigenvalue weighted by Crippen LogP contribution is 2.22. The highest BCUT2D eigenvalue weighted by Gasteiger charge is 2.15. The maximum absolute atomic E-state index is 7.28. The van der Waals surface area contributed by atoms with Gasteiger partial charge in [0, 0.05) is 30.6 Å². The van der Waals surface area contributed by atoms with E-state index in [4.69, 9.17) is 11.1 Å². The van der Waals surface area contributed by atoms with Crippen LogP contribution in [0.3, 0.4) is 0 Å². The summed E-state index contributed by atoms with van der Waals surface area (Å²) >= 11 is 0. The summed E-state index contributed by atoms with van der Waals surface area (Å²) in [5.41, 5.74) is 8.05. The fourth-order valence-corrected chi connectivity index (χ4v) is 1.61. The molecule has 76 valence electrons. The van der Waals surface area contributed by atoms with E-state index in [2.05, 4.69) is 4.98 Å². The van der Waals surface area contributed by atoms with Crippen molar-refractivity contribution in [2.24, 2.45) is 11.7 Å². The molecular formula is C12H13N3. The third-order valence-electron chi connectivity index (χ3n) is 2.52. The van der Waals surface area contributed by atoms with Crippen LogP contribution in [0.2, 0.25) is 0 Å². The second kappa shape index (κ2) is 4.19. The number of hydrogen-bond donors (Lipinski definition) is 2. The van der Waals surface area contributed by atoms with Gasteiger partial charge in [0.1, 0.15) is 0 Å². The third kappa shape index (κ3) is 2.02. The molecular weight excluding hydrogens is 186 g/mol. The van der Waals surface area contributed by atoms with Gasteiger partial charge in [-0.3, -0.25) is 4.98 Å². The fraction of sp³-hybridized carbons (Fsp3) is 0.167. The van der Waals surface area contributed by atoms with Gasteiger partial charge in [0.2, 0.25) is 0 Å². The summed E-state index contributed by atoms with van der Waals surface area (Å²) in [5, 5.41) is 7.28. The number of nitrogens with zero attached hydrogens (tertiary/aromatic N) is 1. The summed E-state index contributed by atoms with van der Waals surface area (Å²) in [6, 6.07) is 3.83. The van der Waals surface area contributed by atoms with E-state index in [0.29, 0.717) is 0 Å². The van der Waals surface area contributed by atoms with Crippen molar-refractivity contribution in [2.45, 2.75) is 6.04 Å². The van der Waals surface area contributed by atoms with Gasteiger partial charge < -0.3 is 11.1 Å². The molecule has 2 atom stereocenters. The van der Waals surface area contributed by atoms with Gasteiger partial charge in [-0.1, -0.05) is 18.2 Å². The van der Waals surface area contributed by atoms with Crippen LogP contribution in [-0.2, 0) is 0 Å². The van der Waals surface area contributed by atoms with Crippen LogP contribution in [0.5, 0.6) is 0 Å². The topological polar surface area (TPSA) is 62.8 Å². The molecule has 1 aliphatic rings. The molecule has 3 N–H and O–H groups in total.